The van der Waals surface area contributed by atoms with E-state index in [-0.39, 0.29) is 6.61 Å². The van der Waals surface area contributed by atoms with Crippen molar-refractivity contribution in [3.05, 3.63) is 28.8 Å². The van der Waals surface area contributed by atoms with Gasteiger partial charge in [0.15, 0.2) is 0 Å². The first-order chi connectivity index (χ1) is 7.10. The molecule has 1 aromatic carbocycles. The highest BCUT2D eigenvalue weighted by Crippen LogP contribution is 2.31. The Morgan fingerprint density at radius 2 is 1.87 bits per heavy atom. The Morgan fingerprint density at radius 3 is 2.40 bits per heavy atom. The molecule has 0 aromatic heterocycles. The summed E-state index contributed by atoms with van der Waals surface area (Å²) in [6.07, 6.45) is 0.777. The Labute approximate surface area is 91.9 Å². The van der Waals surface area contributed by atoms with Crippen molar-refractivity contribution < 1.29 is 9.84 Å². The maximum Gasteiger partial charge on any atom is 0.122 e. The van der Waals surface area contributed by atoms with Gasteiger partial charge < -0.3 is 9.84 Å². The maximum absolute atomic E-state index is 8.94. The molecule has 0 bridgehead atoms. The lowest BCUT2D eigenvalue weighted by molar-refractivity contribution is 0.277. The molecule has 1 unspecified atom stereocenters. The van der Waals surface area contributed by atoms with E-state index in [1.165, 1.54) is 16.7 Å². The van der Waals surface area contributed by atoms with Crippen LogP contribution in [0.1, 0.15) is 36.0 Å². The zero-order valence-electron chi connectivity index (χ0n) is 10.0. The summed E-state index contributed by atoms with van der Waals surface area (Å²) in [5.41, 5.74) is 3.71. The second-order valence-electron chi connectivity index (χ2n) is 4.09. The molecule has 0 saturated heterocycles. The minimum Gasteiger partial charge on any atom is -0.496 e. The molecule has 1 rings (SSSR count). The highest BCUT2D eigenvalue weighted by Gasteiger charge is 2.12. The molecule has 0 radical (unpaired) electrons. The number of methoxy groups -OCH3 is 1. The molecule has 0 aliphatic carbocycles. The van der Waals surface area contributed by atoms with Gasteiger partial charge in [0.1, 0.15) is 5.75 Å². The standard InChI is InChI=1S/C13H20O2/c1-9(5-6-14)12-7-10(2)11(3)8-13(12)15-4/h7-9,14H,5-6H2,1-4H3. The van der Waals surface area contributed by atoms with Crippen LogP contribution in [0.2, 0.25) is 0 Å². The van der Waals surface area contributed by atoms with E-state index < -0.39 is 0 Å². The molecule has 0 aliphatic heterocycles. The summed E-state index contributed by atoms with van der Waals surface area (Å²) >= 11 is 0. The molecule has 15 heavy (non-hydrogen) atoms. The molecule has 1 aromatic rings. The summed E-state index contributed by atoms with van der Waals surface area (Å²) in [6, 6.07) is 4.23. The van der Waals surface area contributed by atoms with Gasteiger partial charge in [0.05, 0.1) is 7.11 Å². The molecule has 0 fully saturated rings. The van der Waals surface area contributed by atoms with Crippen LogP contribution in [-0.2, 0) is 0 Å². The van der Waals surface area contributed by atoms with Crippen LogP contribution in [0.5, 0.6) is 5.75 Å². The molecular weight excluding hydrogens is 188 g/mol. The number of hydrogen-bond donors (Lipinski definition) is 1. The largest absolute Gasteiger partial charge is 0.496 e. The second kappa shape index (κ2) is 5.17. The molecule has 0 aliphatic rings. The smallest absolute Gasteiger partial charge is 0.122 e. The third kappa shape index (κ3) is 2.72. The third-order valence-corrected chi connectivity index (χ3v) is 2.94. The monoisotopic (exact) mass is 208 g/mol. The fourth-order valence-corrected chi connectivity index (χ4v) is 1.72. The predicted octanol–water partition coefficient (Wildman–Crippen LogP) is 2.80. The van der Waals surface area contributed by atoms with Crippen molar-refractivity contribution in [2.45, 2.75) is 33.1 Å². The zero-order chi connectivity index (χ0) is 11.4. The fraction of sp³-hybridized carbons (Fsp3) is 0.538. The van der Waals surface area contributed by atoms with Gasteiger partial charge in [-0.15, -0.1) is 0 Å². The van der Waals surface area contributed by atoms with Crippen molar-refractivity contribution in [1.29, 1.82) is 0 Å². The highest BCUT2D eigenvalue weighted by atomic mass is 16.5. The molecule has 1 N–H and O–H groups in total. The Kier molecular flexibility index (Phi) is 4.15. The molecular formula is C13H20O2. The first kappa shape index (κ1) is 12.1. The van der Waals surface area contributed by atoms with Gasteiger partial charge in [-0.25, -0.2) is 0 Å². The SMILES string of the molecule is COc1cc(C)c(C)cc1C(C)CCO. The van der Waals surface area contributed by atoms with E-state index >= 15 is 0 Å². The summed E-state index contributed by atoms with van der Waals surface area (Å²) in [7, 11) is 1.69. The summed E-state index contributed by atoms with van der Waals surface area (Å²) in [5, 5.41) is 8.94. The van der Waals surface area contributed by atoms with Crippen LogP contribution in [0.15, 0.2) is 12.1 Å². The number of aryl methyl sites for hydroxylation is 2. The number of rotatable bonds is 4. The zero-order valence-corrected chi connectivity index (χ0v) is 10.0. The molecule has 2 heteroatoms. The van der Waals surface area contributed by atoms with Crippen LogP contribution >= 0.6 is 0 Å². The van der Waals surface area contributed by atoms with E-state index in [0.717, 1.165) is 12.2 Å². The average molecular weight is 208 g/mol. The van der Waals surface area contributed by atoms with Gasteiger partial charge in [-0.1, -0.05) is 13.0 Å². The van der Waals surface area contributed by atoms with Crippen molar-refractivity contribution in [2.24, 2.45) is 0 Å². The second-order valence-corrected chi connectivity index (χ2v) is 4.09. The maximum atomic E-state index is 8.94. The first-order valence-corrected chi connectivity index (χ1v) is 5.36. The average Bonchev–Trinajstić information content (AvgIpc) is 2.21. The quantitative estimate of drug-likeness (QED) is 0.824. The lowest BCUT2D eigenvalue weighted by Crippen LogP contribution is -2.01. The molecule has 0 saturated carbocycles. The van der Waals surface area contributed by atoms with Crippen molar-refractivity contribution in [3.8, 4) is 5.75 Å². The van der Waals surface area contributed by atoms with Crippen molar-refractivity contribution in [2.75, 3.05) is 13.7 Å². The van der Waals surface area contributed by atoms with E-state index in [0.29, 0.717) is 5.92 Å². The number of benzene rings is 1. The van der Waals surface area contributed by atoms with Crippen LogP contribution < -0.4 is 4.74 Å². The molecule has 2 nitrogen and oxygen atoms in total. The van der Waals surface area contributed by atoms with E-state index in [4.69, 9.17) is 9.84 Å². The number of aliphatic hydroxyl groups excluding tert-OH is 1. The molecule has 0 spiro atoms. The molecule has 0 heterocycles. The van der Waals surface area contributed by atoms with Crippen molar-refractivity contribution in [3.63, 3.8) is 0 Å². The van der Waals surface area contributed by atoms with Gasteiger partial charge in [-0.2, -0.15) is 0 Å². The van der Waals surface area contributed by atoms with Crippen LogP contribution in [-0.4, -0.2) is 18.8 Å². The Hall–Kier alpha value is -1.02. The van der Waals surface area contributed by atoms with Crippen LogP contribution in [0, 0.1) is 13.8 Å². The number of aliphatic hydroxyl groups is 1. The van der Waals surface area contributed by atoms with Crippen molar-refractivity contribution in [1.82, 2.24) is 0 Å². The van der Waals surface area contributed by atoms with Gasteiger partial charge in [-0.05, 0) is 48.9 Å². The number of hydrogen-bond acceptors (Lipinski definition) is 2. The molecule has 1 atom stereocenters. The Morgan fingerprint density at radius 1 is 1.27 bits per heavy atom. The van der Waals surface area contributed by atoms with Gasteiger partial charge >= 0.3 is 0 Å². The van der Waals surface area contributed by atoms with Gasteiger partial charge in [-0.3, -0.25) is 0 Å². The van der Waals surface area contributed by atoms with E-state index in [2.05, 4.69) is 32.9 Å². The molecule has 0 amide bonds. The summed E-state index contributed by atoms with van der Waals surface area (Å²) in [4.78, 5) is 0. The fourth-order valence-electron chi connectivity index (χ4n) is 1.72. The van der Waals surface area contributed by atoms with E-state index in [1.807, 2.05) is 0 Å². The first-order valence-electron chi connectivity index (χ1n) is 5.36. The highest BCUT2D eigenvalue weighted by molar-refractivity contribution is 5.43. The van der Waals surface area contributed by atoms with Gasteiger partial charge in [0, 0.05) is 6.61 Å². The molecule has 84 valence electrons. The van der Waals surface area contributed by atoms with Crippen molar-refractivity contribution >= 4 is 0 Å². The third-order valence-electron chi connectivity index (χ3n) is 2.94. The van der Waals surface area contributed by atoms with Gasteiger partial charge in [0.25, 0.3) is 0 Å². The van der Waals surface area contributed by atoms with Gasteiger partial charge in [0.2, 0.25) is 0 Å². The van der Waals surface area contributed by atoms with Crippen LogP contribution in [0.3, 0.4) is 0 Å². The minimum absolute atomic E-state index is 0.219. The lowest BCUT2D eigenvalue weighted by atomic mass is 9.94. The van der Waals surface area contributed by atoms with E-state index in [9.17, 15) is 0 Å². The topological polar surface area (TPSA) is 29.5 Å². The number of ether oxygens (including phenoxy) is 1. The Balaban J connectivity index is 3.09. The summed E-state index contributed by atoms with van der Waals surface area (Å²) in [5.74, 6) is 1.27. The van der Waals surface area contributed by atoms with E-state index in [1.54, 1.807) is 7.11 Å². The Bertz CT molecular complexity index is 332. The van der Waals surface area contributed by atoms with Crippen LogP contribution in [0.4, 0.5) is 0 Å². The summed E-state index contributed by atoms with van der Waals surface area (Å²) < 4.78 is 5.37. The minimum atomic E-state index is 0.219. The van der Waals surface area contributed by atoms with Crippen LogP contribution in [0.25, 0.3) is 0 Å². The normalized spacial score (nSPS) is 12.6. The summed E-state index contributed by atoms with van der Waals surface area (Å²) in [6.45, 7) is 6.52. The predicted molar refractivity (Wildman–Crippen MR) is 62.6 cm³/mol. The lowest BCUT2D eigenvalue weighted by Gasteiger charge is -2.16.